The van der Waals surface area contributed by atoms with E-state index in [0.717, 1.165) is 24.0 Å². The molecule has 2 atom stereocenters. The molecule has 3 rings (SSSR count). The molecule has 0 spiro atoms. The molecule has 22 heavy (non-hydrogen) atoms. The van der Waals surface area contributed by atoms with E-state index in [-0.39, 0.29) is 0 Å². The first-order valence-corrected chi connectivity index (χ1v) is 7.51. The quantitative estimate of drug-likeness (QED) is 0.614. The van der Waals surface area contributed by atoms with Crippen molar-refractivity contribution < 1.29 is 10.2 Å². The number of nitrogen functional groups attached to an aromatic ring is 1. The molecular formula is C15H25N5O2. The van der Waals surface area contributed by atoms with Gasteiger partial charge in [-0.3, -0.25) is 0 Å². The fourth-order valence-electron chi connectivity index (χ4n) is 2.80. The SMILES string of the molecule is CC(C)(O)O.NCC1CCC(n2ccc3c(N)ncnc32)C1. The lowest BCUT2D eigenvalue weighted by atomic mass is 10.1. The van der Waals surface area contributed by atoms with Crippen molar-refractivity contribution in [3.63, 3.8) is 0 Å². The summed E-state index contributed by atoms with van der Waals surface area (Å²) in [5.74, 6) is -0.293. The van der Waals surface area contributed by atoms with Gasteiger partial charge in [0.05, 0.1) is 5.39 Å². The summed E-state index contributed by atoms with van der Waals surface area (Å²) in [6.45, 7) is 3.38. The second-order valence-electron chi connectivity index (χ2n) is 6.28. The zero-order chi connectivity index (χ0) is 16.3. The van der Waals surface area contributed by atoms with Crippen molar-refractivity contribution in [3.05, 3.63) is 18.6 Å². The van der Waals surface area contributed by atoms with Crippen molar-refractivity contribution >= 4 is 16.9 Å². The number of aromatic nitrogens is 3. The summed E-state index contributed by atoms with van der Waals surface area (Å²) < 4.78 is 2.23. The van der Waals surface area contributed by atoms with Crippen LogP contribution in [0.3, 0.4) is 0 Å². The molecule has 1 aliphatic rings. The van der Waals surface area contributed by atoms with E-state index in [2.05, 4.69) is 20.7 Å². The predicted octanol–water partition coefficient (Wildman–Crippen LogP) is 1.02. The van der Waals surface area contributed by atoms with E-state index in [0.29, 0.717) is 17.8 Å². The fourth-order valence-corrected chi connectivity index (χ4v) is 2.80. The molecule has 0 aliphatic heterocycles. The van der Waals surface area contributed by atoms with Gasteiger partial charge in [-0.25, -0.2) is 9.97 Å². The number of nitrogens with zero attached hydrogens (tertiary/aromatic N) is 3. The number of nitrogens with two attached hydrogens (primary N) is 2. The van der Waals surface area contributed by atoms with E-state index >= 15 is 0 Å². The third kappa shape index (κ3) is 4.16. The molecule has 6 N–H and O–H groups in total. The molecule has 2 unspecified atom stereocenters. The average molecular weight is 307 g/mol. The number of hydrogen-bond acceptors (Lipinski definition) is 6. The Bertz CT molecular complexity index is 614. The molecule has 1 aliphatic carbocycles. The summed E-state index contributed by atoms with van der Waals surface area (Å²) in [5, 5.41) is 17.1. The van der Waals surface area contributed by atoms with Crippen LogP contribution in [0.2, 0.25) is 0 Å². The highest BCUT2D eigenvalue weighted by Gasteiger charge is 2.26. The molecule has 7 nitrogen and oxygen atoms in total. The smallest absolute Gasteiger partial charge is 0.156 e. The molecule has 2 aromatic rings. The molecule has 0 saturated heterocycles. The van der Waals surface area contributed by atoms with Crippen molar-refractivity contribution in [3.8, 4) is 0 Å². The molecular weight excluding hydrogens is 282 g/mol. The molecule has 2 heterocycles. The number of hydrogen-bond donors (Lipinski definition) is 4. The van der Waals surface area contributed by atoms with Gasteiger partial charge in [-0.2, -0.15) is 0 Å². The Balaban J connectivity index is 0.000000309. The lowest BCUT2D eigenvalue weighted by molar-refractivity contribution is -0.127. The van der Waals surface area contributed by atoms with Gasteiger partial charge in [-0.15, -0.1) is 0 Å². The molecule has 1 fully saturated rings. The summed E-state index contributed by atoms with van der Waals surface area (Å²) in [6.07, 6.45) is 7.13. The summed E-state index contributed by atoms with van der Waals surface area (Å²) in [7, 11) is 0. The first kappa shape index (κ1) is 16.7. The van der Waals surface area contributed by atoms with Crippen LogP contribution in [-0.2, 0) is 0 Å². The first-order chi connectivity index (χ1) is 10.3. The van der Waals surface area contributed by atoms with Crippen LogP contribution in [0.5, 0.6) is 0 Å². The van der Waals surface area contributed by atoms with E-state index in [4.69, 9.17) is 21.7 Å². The Labute approximate surface area is 130 Å². The summed E-state index contributed by atoms with van der Waals surface area (Å²) >= 11 is 0. The third-order valence-corrected chi connectivity index (χ3v) is 3.78. The van der Waals surface area contributed by atoms with Gasteiger partial charge in [0.15, 0.2) is 5.79 Å². The van der Waals surface area contributed by atoms with Crippen LogP contribution in [-0.4, -0.2) is 37.1 Å². The first-order valence-electron chi connectivity index (χ1n) is 7.51. The molecule has 122 valence electrons. The maximum Gasteiger partial charge on any atom is 0.156 e. The number of fused-ring (bicyclic) bond motifs is 1. The van der Waals surface area contributed by atoms with Crippen LogP contribution >= 0.6 is 0 Å². The molecule has 1 saturated carbocycles. The molecule has 2 aromatic heterocycles. The van der Waals surface area contributed by atoms with Crippen molar-refractivity contribution in [2.75, 3.05) is 12.3 Å². The van der Waals surface area contributed by atoms with Gasteiger partial charge in [0.1, 0.15) is 17.8 Å². The van der Waals surface area contributed by atoms with E-state index in [1.807, 2.05) is 6.07 Å². The van der Waals surface area contributed by atoms with Crippen LogP contribution in [0.1, 0.15) is 39.2 Å². The van der Waals surface area contributed by atoms with Gasteiger partial charge < -0.3 is 26.2 Å². The number of anilines is 1. The minimum absolute atomic E-state index is 0.510. The Morgan fingerprint density at radius 3 is 2.59 bits per heavy atom. The van der Waals surface area contributed by atoms with Gasteiger partial charge in [0.25, 0.3) is 0 Å². The molecule has 0 bridgehead atoms. The summed E-state index contributed by atoms with van der Waals surface area (Å²) in [4.78, 5) is 8.35. The monoisotopic (exact) mass is 307 g/mol. The highest BCUT2D eigenvalue weighted by atomic mass is 16.5. The maximum atomic E-state index is 8.08. The Morgan fingerprint density at radius 1 is 1.32 bits per heavy atom. The standard InChI is InChI=1S/C12H17N5.C3H8O2/c13-6-8-1-2-9(5-8)17-4-3-10-11(14)15-7-16-12(10)17;1-3(2,4)5/h3-4,7-9H,1-2,5-6,13H2,(H2,14,15,16);4-5H,1-2H3. The van der Waals surface area contributed by atoms with E-state index in [9.17, 15) is 0 Å². The topological polar surface area (TPSA) is 123 Å². The predicted molar refractivity (Wildman–Crippen MR) is 85.9 cm³/mol. The lowest BCUT2D eigenvalue weighted by Gasteiger charge is -2.13. The Hall–Kier alpha value is -1.70. The Morgan fingerprint density at radius 2 is 2.00 bits per heavy atom. The van der Waals surface area contributed by atoms with Crippen LogP contribution in [0, 0.1) is 5.92 Å². The van der Waals surface area contributed by atoms with Crippen molar-refractivity contribution in [2.24, 2.45) is 11.7 Å². The van der Waals surface area contributed by atoms with Crippen LogP contribution in [0.4, 0.5) is 5.82 Å². The van der Waals surface area contributed by atoms with Crippen molar-refractivity contribution in [1.82, 2.24) is 14.5 Å². The second kappa shape index (κ2) is 6.60. The molecule has 0 radical (unpaired) electrons. The molecule has 0 aromatic carbocycles. The highest BCUT2D eigenvalue weighted by Crippen LogP contribution is 2.36. The highest BCUT2D eigenvalue weighted by molar-refractivity contribution is 5.86. The van der Waals surface area contributed by atoms with E-state index in [1.54, 1.807) is 0 Å². The molecule has 7 heteroatoms. The maximum absolute atomic E-state index is 8.08. The zero-order valence-electron chi connectivity index (χ0n) is 13.1. The van der Waals surface area contributed by atoms with Gasteiger partial charge in [0.2, 0.25) is 0 Å². The van der Waals surface area contributed by atoms with Crippen molar-refractivity contribution in [1.29, 1.82) is 0 Å². The summed E-state index contributed by atoms with van der Waals surface area (Å²) in [6, 6.07) is 2.51. The van der Waals surface area contributed by atoms with Gasteiger partial charge in [-0.05, 0) is 51.6 Å². The number of rotatable bonds is 2. The van der Waals surface area contributed by atoms with Gasteiger partial charge in [-0.1, -0.05) is 0 Å². The lowest BCUT2D eigenvalue weighted by Crippen LogP contribution is -2.15. The minimum atomic E-state index is -1.50. The fraction of sp³-hybridized carbons (Fsp3) is 0.600. The zero-order valence-corrected chi connectivity index (χ0v) is 13.1. The average Bonchev–Trinajstić information content (AvgIpc) is 3.02. The van der Waals surface area contributed by atoms with Crippen LogP contribution < -0.4 is 11.5 Å². The summed E-state index contributed by atoms with van der Waals surface area (Å²) in [5.41, 5.74) is 12.5. The largest absolute Gasteiger partial charge is 0.383 e. The Kier molecular flexibility index (Phi) is 5.00. The normalized spacial score (nSPS) is 21.7. The van der Waals surface area contributed by atoms with E-state index in [1.165, 1.54) is 33.0 Å². The minimum Gasteiger partial charge on any atom is -0.383 e. The van der Waals surface area contributed by atoms with Crippen LogP contribution in [0.15, 0.2) is 18.6 Å². The van der Waals surface area contributed by atoms with Gasteiger partial charge in [0, 0.05) is 12.2 Å². The molecule has 0 amide bonds. The second-order valence-corrected chi connectivity index (χ2v) is 6.28. The van der Waals surface area contributed by atoms with Crippen LogP contribution in [0.25, 0.3) is 11.0 Å². The van der Waals surface area contributed by atoms with Gasteiger partial charge >= 0.3 is 0 Å². The number of aliphatic hydroxyl groups is 2. The van der Waals surface area contributed by atoms with Crippen molar-refractivity contribution in [2.45, 2.75) is 44.9 Å². The van der Waals surface area contributed by atoms with E-state index < -0.39 is 5.79 Å². The third-order valence-electron chi connectivity index (χ3n) is 3.78.